The second-order valence-electron chi connectivity index (χ2n) is 3.76. The Balaban J connectivity index is 2.11. The average Bonchev–Trinajstić information content (AvgIpc) is 2.88. The number of furan rings is 1. The van der Waals surface area contributed by atoms with E-state index in [0.717, 1.165) is 4.90 Å². The number of benzene rings is 1. The van der Waals surface area contributed by atoms with Crippen molar-refractivity contribution in [1.29, 1.82) is 0 Å². The summed E-state index contributed by atoms with van der Waals surface area (Å²) in [6.45, 7) is 0. The maximum Gasteiger partial charge on any atom is 0.371 e. The molecule has 0 aliphatic carbocycles. The van der Waals surface area contributed by atoms with Gasteiger partial charge in [-0.2, -0.15) is 0 Å². The Bertz CT molecular complexity index is 657. The molecule has 0 amide bonds. The summed E-state index contributed by atoms with van der Waals surface area (Å²) in [5, 5.41) is 17.5. The predicted molar refractivity (Wildman–Crippen MR) is 72.0 cm³/mol. The number of aliphatic hydroxyl groups is 1. The fraction of sp³-hybridized carbons (Fsp3) is 0. The van der Waals surface area contributed by atoms with Gasteiger partial charge in [-0.05, 0) is 12.1 Å². The molecule has 2 aromatic rings. The van der Waals surface area contributed by atoms with Crippen molar-refractivity contribution in [2.45, 2.75) is 9.79 Å². The molecule has 0 spiro atoms. The zero-order valence-electron chi connectivity index (χ0n) is 10.1. The van der Waals surface area contributed by atoms with E-state index in [1.165, 1.54) is 24.1 Å². The SMILES string of the molecule is O=C(O)C(O)=CC(=O)c1cc(Sc2ccccc2)co1. The molecule has 102 valence electrons. The number of carbonyl (C=O) groups excluding carboxylic acids is 1. The molecule has 2 N–H and O–H groups in total. The van der Waals surface area contributed by atoms with Gasteiger partial charge in [0.1, 0.15) is 6.26 Å². The lowest BCUT2D eigenvalue weighted by atomic mass is 10.2. The molecule has 0 saturated carbocycles. The third-order valence-corrected chi connectivity index (χ3v) is 3.24. The Kier molecular flexibility index (Phi) is 4.27. The van der Waals surface area contributed by atoms with Gasteiger partial charge in [0.05, 0.1) is 4.90 Å². The number of hydrogen-bond acceptors (Lipinski definition) is 5. The fourth-order valence-corrected chi connectivity index (χ4v) is 2.21. The molecule has 1 aromatic heterocycles. The van der Waals surface area contributed by atoms with Crippen molar-refractivity contribution in [2.24, 2.45) is 0 Å². The van der Waals surface area contributed by atoms with E-state index in [2.05, 4.69) is 0 Å². The highest BCUT2D eigenvalue weighted by Crippen LogP contribution is 2.29. The first-order valence-corrected chi connectivity index (χ1v) is 6.37. The van der Waals surface area contributed by atoms with Crippen molar-refractivity contribution in [1.82, 2.24) is 0 Å². The Hall–Kier alpha value is -2.47. The van der Waals surface area contributed by atoms with Crippen LogP contribution < -0.4 is 0 Å². The van der Waals surface area contributed by atoms with Crippen LogP contribution in [0.1, 0.15) is 10.6 Å². The number of aliphatic carboxylic acids is 1. The summed E-state index contributed by atoms with van der Waals surface area (Å²) in [5.41, 5.74) is 0. The van der Waals surface area contributed by atoms with Crippen LogP contribution in [0.15, 0.2) is 68.7 Å². The number of hydrogen-bond donors (Lipinski definition) is 2. The summed E-state index contributed by atoms with van der Waals surface area (Å²) in [6.07, 6.45) is 2.01. The molecule has 20 heavy (non-hydrogen) atoms. The van der Waals surface area contributed by atoms with Crippen LogP contribution in [0.25, 0.3) is 0 Å². The zero-order chi connectivity index (χ0) is 14.5. The highest BCUT2D eigenvalue weighted by atomic mass is 32.2. The van der Waals surface area contributed by atoms with Gasteiger partial charge in [0.25, 0.3) is 0 Å². The van der Waals surface area contributed by atoms with Gasteiger partial charge in [-0.3, -0.25) is 4.79 Å². The van der Waals surface area contributed by atoms with Crippen LogP contribution in [0.2, 0.25) is 0 Å². The minimum Gasteiger partial charge on any atom is -0.502 e. The van der Waals surface area contributed by atoms with E-state index in [1.807, 2.05) is 30.3 Å². The summed E-state index contributed by atoms with van der Waals surface area (Å²) in [5.74, 6) is -3.33. The molecule has 0 fully saturated rings. The maximum absolute atomic E-state index is 11.6. The molecule has 0 bridgehead atoms. The Morgan fingerprint density at radius 3 is 2.45 bits per heavy atom. The molecule has 0 radical (unpaired) electrons. The molecule has 0 aliphatic rings. The van der Waals surface area contributed by atoms with E-state index >= 15 is 0 Å². The van der Waals surface area contributed by atoms with Crippen molar-refractivity contribution < 1.29 is 24.2 Å². The summed E-state index contributed by atoms with van der Waals surface area (Å²) in [4.78, 5) is 23.7. The van der Waals surface area contributed by atoms with E-state index in [0.29, 0.717) is 11.0 Å². The maximum atomic E-state index is 11.6. The van der Waals surface area contributed by atoms with Crippen LogP contribution in [0.5, 0.6) is 0 Å². The largest absolute Gasteiger partial charge is 0.502 e. The monoisotopic (exact) mass is 290 g/mol. The topological polar surface area (TPSA) is 87.7 Å². The van der Waals surface area contributed by atoms with E-state index in [-0.39, 0.29) is 5.76 Å². The predicted octanol–water partition coefficient (Wildman–Crippen LogP) is 3.14. The lowest BCUT2D eigenvalue weighted by molar-refractivity contribution is -0.135. The van der Waals surface area contributed by atoms with Crippen LogP contribution in [0.3, 0.4) is 0 Å². The molecule has 0 atom stereocenters. The van der Waals surface area contributed by atoms with Crippen LogP contribution >= 0.6 is 11.8 Å². The third-order valence-electron chi connectivity index (χ3n) is 2.28. The summed E-state index contributed by atoms with van der Waals surface area (Å²) < 4.78 is 5.06. The van der Waals surface area contributed by atoms with E-state index < -0.39 is 17.5 Å². The highest BCUT2D eigenvalue weighted by molar-refractivity contribution is 7.99. The van der Waals surface area contributed by atoms with Crippen LogP contribution in [0.4, 0.5) is 0 Å². The number of rotatable bonds is 5. The number of carboxylic acid groups (broad SMARTS) is 1. The van der Waals surface area contributed by atoms with E-state index in [9.17, 15) is 9.59 Å². The van der Waals surface area contributed by atoms with Crippen LogP contribution in [-0.4, -0.2) is 22.0 Å². The lowest BCUT2D eigenvalue weighted by Gasteiger charge is -1.95. The molecule has 6 heteroatoms. The zero-order valence-corrected chi connectivity index (χ0v) is 11.0. The smallest absolute Gasteiger partial charge is 0.371 e. The molecule has 0 saturated heterocycles. The number of allylic oxidation sites excluding steroid dienone is 1. The molecule has 1 aromatic carbocycles. The van der Waals surface area contributed by atoms with Crippen LogP contribution in [0, 0.1) is 0 Å². The minimum atomic E-state index is -1.57. The first kappa shape index (κ1) is 14.0. The first-order chi connectivity index (χ1) is 9.56. The normalized spacial score (nSPS) is 11.3. The lowest BCUT2D eigenvalue weighted by Crippen LogP contribution is -2.03. The standard InChI is InChI=1S/C14H10O5S/c15-11(7-12(16)14(17)18)13-6-10(8-19-13)20-9-4-2-1-3-5-9/h1-8,16H,(H,17,18). The summed E-state index contributed by atoms with van der Waals surface area (Å²) in [6, 6.07) is 11.0. The van der Waals surface area contributed by atoms with Crippen molar-refractivity contribution in [3.05, 3.63) is 60.3 Å². The minimum absolute atomic E-state index is 0.0313. The molecule has 5 nitrogen and oxygen atoms in total. The molecule has 0 aliphatic heterocycles. The quantitative estimate of drug-likeness (QED) is 0.499. The fourth-order valence-electron chi connectivity index (χ4n) is 1.38. The Morgan fingerprint density at radius 2 is 1.80 bits per heavy atom. The van der Waals surface area contributed by atoms with Gasteiger partial charge in [-0.15, -0.1) is 0 Å². The van der Waals surface area contributed by atoms with Gasteiger partial charge in [0, 0.05) is 17.0 Å². The van der Waals surface area contributed by atoms with Crippen molar-refractivity contribution in [3.63, 3.8) is 0 Å². The third kappa shape index (κ3) is 3.52. The number of carbonyl (C=O) groups is 2. The van der Waals surface area contributed by atoms with Crippen molar-refractivity contribution >= 4 is 23.5 Å². The van der Waals surface area contributed by atoms with Crippen molar-refractivity contribution in [2.75, 3.05) is 0 Å². The van der Waals surface area contributed by atoms with E-state index in [1.54, 1.807) is 0 Å². The Morgan fingerprint density at radius 1 is 1.10 bits per heavy atom. The molecule has 1 heterocycles. The second kappa shape index (κ2) is 6.12. The van der Waals surface area contributed by atoms with Gasteiger partial charge in [0.15, 0.2) is 5.76 Å². The molecule has 2 rings (SSSR count). The second-order valence-corrected chi connectivity index (χ2v) is 4.91. The molecular weight excluding hydrogens is 280 g/mol. The van der Waals surface area contributed by atoms with Gasteiger partial charge in [-0.25, -0.2) is 4.79 Å². The van der Waals surface area contributed by atoms with Gasteiger partial charge in [-0.1, -0.05) is 30.0 Å². The summed E-state index contributed by atoms with van der Waals surface area (Å²) in [7, 11) is 0. The number of ketones is 1. The highest BCUT2D eigenvalue weighted by Gasteiger charge is 2.13. The van der Waals surface area contributed by atoms with E-state index in [4.69, 9.17) is 14.6 Å². The number of aliphatic hydroxyl groups excluding tert-OH is 1. The molecular formula is C14H10O5S. The van der Waals surface area contributed by atoms with Crippen LogP contribution in [-0.2, 0) is 4.79 Å². The molecule has 0 unspecified atom stereocenters. The van der Waals surface area contributed by atoms with Crippen molar-refractivity contribution in [3.8, 4) is 0 Å². The summed E-state index contributed by atoms with van der Waals surface area (Å²) >= 11 is 1.41. The Labute approximate surface area is 118 Å². The van der Waals surface area contributed by atoms with Gasteiger partial charge < -0.3 is 14.6 Å². The van der Waals surface area contributed by atoms with Gasteiger partial charge in [0.2, 0.25) is 11.5 Å². The number of carboxylic acids is 1. The first-order valence-electron chi connectivity index (χ1n) is 5.56. The van der Waals surface area contributed by atoms with Gasteiger partial charge >= 0.3 is 5.97 Å². The average molecular weight is 290 g/mol.